The van der Waals surface area contributed by atoms with Crippen molar-refractivity contribution in [3.63, 3.8) is 0 Å². The molecule has 1 aliphatic heterocycles. The number of amides is 1. The third kappa shape index (κ3) is 1.73. The van der Waals surface area contributed by atoms with Gasteiger partial charge in [0.25, 0.3) is 5.79 Å². The summed E-state index contributed by atoms with van der Waals surface area (Å²) < 4.78 is 11.8. The molecule has 2 aliphatic rings. The molecule has 4 nitrogen and oxygen atoms in total. The molecule has 1 aromatic carbocycles. The van der Waals surface area contributed by atoms with E-state index in [4.69, 9.17) is 15.2 Å². The summed E-state index contributed by atoms with van der Waals surface area (Å²) in [7, 11) is 0. The van der Waals surface area contributed by atoms with Crippen LogP contribution in [0.5, 0.6) is 11.5 Å². The molecule has 0 radical (unpaired) electrons. The van der Waals surface area contributed by atoms with E-state index < -0.39 is 11.7 Å². The lowest BCUT2D eigenvalue weighted by molar-refractivity contribution is -0.105. The minimum absolute atomic E-state index is 0.444. The van der Waals surface area contributed by atoms with E-state index in [1.807, 2.05) is 0 Å². The van der Waals surface area contributed by atoms with Crippen LogP contribution in [0.15, 0.2) is 18.2 Å². The molecule has 1 amide bonds. The standard InChI is InChI=1S/C13H15NO3/c14-12(15)9-4-5-10-11(8-9)17-13(16-10)6-2-1-3-7-13/h4-5,8H,1-3,6-7H2,(H2,14,15). The average molecular weight is 233 g/mol. The van der Waals surface area contributed by atoms with Gasteiger partial charge < -0.3 is 15.2 Å². The molecule has 3 rings (SSSR count). The normalized spacial score (nSPS) is 20.5. The van der Waals surface area contributed by atoms with Crippen LogP contribution in [0.3, 0.4) is 0 Å². The highest BCUT2D eigenvalue weighted by molar-refractivity contribution is 5.93. The van der Waals surface area contributed by atoms with Crippen molar-refractivity contribution in [2.24, 2.45) is 5.73 Å². The van der Waals surface area contributed by atoms with Crippen LogP contribution in [-0.2, 0) is 0 Å². The first kappa shape index (κ1) is 10.4. The van der Waals surface area contributed by atoms with E-state index in [9.17, 15) is 4.79 Å². The van der Waals surface area contributed by atoms with Gasteiger partial charge in [-0.05, 0) is 31.0 Å². The molecule has 1 aromatic rings. The highest BCUT2D eigenvalue weighted by Gasteiger charge is 2.42. The largest absolute Gasteiger partial charge is 0.448 e. The van der Waals surface area contributed by atoms with Crippen LogP contribution in [-0.4, -0.2) is 11.7 Å². The second-order valence-electron chi connectivity index (χ2n) is 4.70. The zero-order valence-electron chi connectivity index (χ0n) is 9.57. The molecule has 0 unspecified atom stereocenters. The van der Waals surface area contributed by atoms with Gasteiger partial charge in [0.2, 0.25) is 5.91 Å². The third-order valence-electron chi connectivity index (χ3n) is 3.44. The highest BCUT2D eigenvalue weighted by Crippen LogP contribution is 2.45. The second kappa shape index (κ2) is 3.65. The number of fused-ring (bicyclic) bond motifs is 1. The predicted octanol–water partition coefficient (Wildman–Crippen LogP) is 2.22. The summed E-state index contributed by atoms with van der Waals surface area (Å²) >= 11 is 0. The summed E-state index contributed by atoms with van der Waals surface area (Å²) in [6.45, 7) is 0. The number of nitrogens with two attached hydrogens (primary N) is 1. The van der Waals surface area contributed by atoms with Crippen molar-refractivity contribution in [1.29, 1.82) is 0 Å². The van der Waals surface area contributed by atoms with Crippen molar-refractivity contribution in [3.05, 3.63) is 23.8 Å². The van der Waals surface area contributed by atoms with Gasteiger partial charge in [-0.2, -0.15) is 0 Å². The SMILES string of the molecule is NC(=O)c1ccc2c(c1)OC1(CCCCC1)O2. The van der Waals surface area contributed by atoms with Crippen LogP contribution >= 0.6 is 0 Å². The smallest absolute Gasteiger partial charge is 0.251 e. The fourth-order valence-electron chi connectivity index (χ4n) is 2.54. The van der Waals surface area contributed by atoms with Crippen LogP contribution in [0.2, 0.25) is 0 Å². The lowest BCUT2D eigenvalue weighted by Gasteiger charge is -2.31. The van der Waals surface area contributed by atoms with Crippen LogP contribution in [0.25, 0.3) is 0 Å². The first-order valence-electron chi connectivity index (χ1n) is 6.00. The average Bonchev–Trinajstić information content (AvgIpc) is 2.66. The molecular formula is C13H15NO3. The predicted molar refractivity (Wildman–Crippen MR) is 62.0 cm³/mol. The third-order valence-corrected chi connectivity index (χ3v) is 3.44. The molecule has 0 saturated heterocycles. The van der Waals surface area contributed by atoms with Crippen molar-refractivity contribution >= 4 is 5.91 Å². The van der Waals surface area contributed by atoms with Gasteiger partial charge in [0.1, 0.15) is 0 Å². The van der Waals surface area contributed by atoms with Crippen molar-refractivity contribution in [2.45, 2.75) is 37.9 Å². The molecule has 90 valence electrons. The summed E-state index contributed by atoms with van der Waals surface area (Å²) in [5, 5.41) is 0. The monoisotopic (exact) mass is 233 g/mol. The van der Waals surface area contributed by atoms with Crippen LogP contribution in [0.1, 0.15) is 42.5 Å². The van der Waals surface area contributed by atoms with Gasteiger partial charge in [0, 0.05) is 18.4 Å². The molecular weight excluding hydrogens is 218 g/mol. The molecule has 17 heavy (non-hydrogen) atoms. The molecule has 1 aliphatic carbocycles. The molecule has 1 saturated carbocycles. The van der Waals surface area contributed by atoms with E-state index in [1.54, 1.807) is 18.2 Å². The Morgan fingerprint density at radius 3 is 2.53 bits per heavy atom. The van der Waals surface area contributed by atoms with Crippen LogP contribution in [0.4, 0.5) is 0 Å². The molecule has 0 aromatic heterocycles. The van der Waals surface area contributed by atoms with Gasteiger partial charge in [0.05, 0.1) is 0 Å². The maximum absolute atomic E-state index is 11.1. The van der Waals surface area contributed by atoms with Gasteiger partial charge in [-0.1, -0.05) is 6.42 Å². The zero-order chi connectivity index (χ0) is 11.9. The Labute approximate surface area is 99.7 Å². The number of carbonyl (C=O) groups excluding carboxylic acids is 1. The van der Waals surface area contributed by atoms with Gasteiger partial charge in [0.15, 0.2) is 11.5 Å². The highest BCUT2D eigenvalue weighted by atomic mass is 16.7. The molecule has 4 heteroatoms. The van der Waals surface area contributed by atoms with Crippen molar-refractivity contribution < 1.29 is 14.3 Å². The second-order valence-corrected chi connectivity index (χ2v) is 4.70. The maximum atomic E-state index is 11.1. The molecule has 1 heterocycles. The van der Waals surface area contributed by atoms with Crippen LogP contribution < -0.4 is 15.2 Å². The zero-order valence-corrected chi connectivity index (χ0v) is 9.57. The number of ether oxygens (including phenoxy) is 2. The van der Waals surface area contributed by atoms with Crippen LogP contribution in [0, 0.1) is 0 Å². The molecule has 1 spiro atoms. The summed E-state index contributed by atoms with van der Waals surface area (Å²) in [6, 6.07) is 5.10. The number of primary amides is 1. The topological polar surface area (TPSA) is 61.6 Å². The van der Waals surface area contributed by atoms with Gasteiger partial charge in [-0.15, -0.1) is 0 Å². The van der Waals surface area contributed by atoms with E-state index in [2.05, 4.69) is 0 Å². The number of rotatable bonds is 1. The van der Waals surface area contributed by atoms with Gasteiger partial charge in [-0.25, -0.2) is 0 Å². The summed E-state index contributed by atoms with van der Waals surface area (Å²) in [6.07, 6.45) is 5.30. The van der Waals surface area contributed by atoms with Crippen molar-refractivity contribution in [1.82, 2.24) is 0 Å². The fraction of sp³-hybridized carbons (Fsp3) is 0.462. The van der Waals surface area contributed by atoms with Crippen molar-refractivity contribution in [3.8, 4) is 11.5 Å². The number of benzene rings is 1. The van der Waals surface area contributed by atoms with E-state index in [-0.39, 0.29) is 0 Å². The molecule has 1 fully saturated rings. The fourth-order valence-corrected chi connectivity index (χ4v) is 2.54. The minimum atomic E-state index is -0.489. The first-order chi connectivity index (χ1) is 8.19. The number of hydrogen-bond acceptors (Lipinski definition) is 3. The Balaban J connectivity index is 1.89. The number of hydrogen-bond donors (Lipinski definition) is 1. The summed E-state index contributed by atoms with van der Waals surface area (Å²) in [5.74, 6) is 0.428. The Hall–Kier alpha value is -1.71. The van der Waals surface area contributed by atoms with E-state index in [0.29, 0.717) is 11.3 Å². The quantitative estimate of drug-likeness (QED) is 0.809. The summed E-state index contributed by atoms with van der Waals surface area (Å²) in [5.41, 5.74) is 5.70. The van der Waals surface area contributed by atoms with E-state index >= 15 is 0 Å². The molecule has 0 atom stereocenters. The molecule has 2 N–H and O–H groups in total. The van der Waals surface area contributed by atoms with Gasteiger partial charge in [-0.3, -0.25) is 4.79 Å². The lowest BCUT2D eigenvalue weighted by Crippen LogP contribution is -2.40. The Morgan fingerprint density at radius 1 is 1.12 bits per heavy atom. The lowest BCUT2D eigenvalue weighted by atomic mass is 9.94. The van der Waals surface area contributed by atoms with Crippen molar-refractivity contribution in [2.75, 3.05) is 0 Å². The molecule has 0 bridgehead atoms. The minimum Gasteiger partial charge on any atom is -0.448 e. The Bertz CT molecular complexity index is 464. The van der Waals surface area contributed by atoms with E-state index in [1.165, 1.54) is 6.42 Å². The Morgan fingerprint density at radius 2 is 1.82 bits per heavy atom. The maximum Gasteiger partial charge on any atom is 0.251 e. The van der Waals surface area contributed by atoms with Gasteiger partial charge >= 0.3 is 0 Å². The first-order valence-corrected chi connectivity index (χ1v) is 6.00. The van der Waals surface area contributed by atoms with E-state index in [0.717, 1.165) is 31.4 Å². The number of carbonyl (C=O) groups is 1. The summed E-state index contributed by atoms with van der Waals surface area (Å²) in [4.78, 5) is 11.1. The Kier molecular flexibility index (Phi) is 2.24.